The lowest BCUT2D eigenvalue weighted by Gasteiger charge is -2.11. The molecule has 184 valence electrons. The highest BCUT2D eigenvalue weighted by Gasteiger charge is 2.34. The van der Waals surface area contributed by atoms with E-state index in [4.69, 9.17) is 4.98 Å². The van der Waals surface area contributed by atoms with Gasteiger partial charge in [-0.1, -0.05) is 73.7 Å². The van der Waals surface area contributed by atoms with Crippen molar-refractivity contribution in [2.24, 2.45) is 7.05 Å². The third-order valence-corrected chi connectivity index (χ3v) is 6.86. The summed E-state index contributed by atoms with van der Waals surface area (Å²) in [5.41, 5.74) is 3.03. The Labute approximate surface area is 208 Å². The number of nitrogens with zero attached hydrogens (tertiary/aromatic N) is 5. The van der Waals surface area contributed by atoms with Gasteiger partial charge in [0.15, 0.2) is 17.2 Å². The topological polar surface area (TPSA) is 65.6 Å². The van der Waals surface area contributed by atoms with Crippen LogP contribution >= 0.6 is 11.3 Å². The Kier molecular flexibility index (Phi) is 5.99. The second kappa shape index (κ2) is 9.02. The number of benzene rings is 2. The van der Waals surface area contributed by atoms with Crippen molar-refractivity contribution >= 4 is 21.7 Å². The lowest BCUT2D eigenvalue weighted by molar-refractivity contribution is -0.140. The van der Waals surface area contributed by atoms with Crippen molar-refractivity contribution in [3.05, 3.63) is 87.4 Å². The largest absolute Gasteiger partial charge is 0.434 e. The van der Waals surface area contributed by atoms with Crippen molar-refractivity contribution in [2.75, 3.05) is 0 Å². The van der Waals surface area contributed by atoms with Gasteiger partial charge in [0, 0.05) is 24.4 Å². The Hall–Kier alpha value is -3.79. The molecule has 0 aliphatic heterocycles. The van der Waals surface area contributed by atoms with Gasteiger partial charge in [-0.2, -0.15) is 13.2 Å². The monoisotopic (exact) mass is 509 g/mol. The predicted molar refractivity (Wildman–Crippen MR) is 134 cm³/mol. The number of imidazole rings is 1. The fourth-order valence-electron chi connectivity index (χ4n) is 4.15. The van der Waals surface area contributed by atoms with E-state index in [0.29, 0.717) is 21.7 Å². The number of thiazole rings is 1. The van der Waals surface area contributed by atoms with E-state index in [9.17, 15) is 18.0 Å². The molecule has 10 heteroatoms. The van der Waals surface area contributed by atoms with Crippen LogP contribution in [-0.2, 0) is 19.8 Å². The van der Waals surface area contributed by atoms with Crippen LogP contribution in [0.25, 0.3) is 33.1 Å². The van der Waals surface area contributed by atoms with Crippen LogP contribution in [-0.4, -0.2) is 24.1 Å². The van der Waals surface area contributed by atoms with Gasteiger partial charge in [0.05, 0.1) is 17.4 Å². The number of aromatic nitrogens is 5. The van der Waals surface area contributed by atoms with Crippen LogP contribution in [0.2, 0.25) is 0 Å². The van der Waals surface area contributed by atoms with Gasteiger partial charge < -0.3 is 4.57 Å². The summed E-state index contributed by atoms with van der Waals surface area (Å²) >= 11 is 1.08. The minimum absolute atomic E-state index is 0.156. The van der Waals surface area contributed by atoms with Crippen molar-refractivity contribution < 1.29 is 13.2 Å². The highest BCUT2D eigenvalue weighted by atomic mass is 32.1. The fourth-order valence-corrected chi connectivity index (χ4v) is 4.95. The lowest BCUT2D eigenvalue weighted by atomic mass is 9.97. The zero-order valence-electron chi connectivity index (χ0n) is 19.7. The van der Waals surface area contributed by atoms with Gasteiger partial charge in [0.2, 0.25) is 0 Å². The summed E-state index contributed by atoms with van der Waals surface area (Å²) < 4.78 is 42.7. The van der Waals surface area contributed by atoms with Crippen molar-refractivity contribution in [3.8, 4) is 22.8 Å². The molecule has 0 radical (unpaired) electrons. The molecule has 5 aromatic rings. The molecule has 0 atom stereocenters. The standard InChI is InChI=1S/C26H22F3N5OS/c1-15(2)18-6-4-5-7-19(18)22-30-12-20-24(32-22)34(25(35)36-20)13-16-8-10-17(11-9-16)23-31-21(14-33(23)3)26(27,28)29/h4-12,14-15H,13H2,1-3H3. The first kappa shape index (κ1) is 23.9. The number of hydrogen-bond acceptors (Lipinski definition) is 5. The average molecular weight is 510 g/mol. The summed E-state index contributed by atoms with van der Waals surface area (Å²) in [5, 5.41) is 0. The van der Waals surface area contributed by atoms with Crippen LogP contribution in [0.4, 0.5) is 13.2 Å². The van der Waals surface area contributed by atoms with Crippen molar-refractivity contribution in [1.82, 2.24) is 24.1 Å². The smallest absolute Gasteiger partial charge is 0.333 e. The van der Waals surface area contributed by atoms with E-state index in [1.165, 1.54) is 11.6 Å². The molecule has 6 nitrogen and oxygen atoms in total. The highest BCUT2D eigenvalue weighted by Crippen LogP contribution is 2.31. The summed E-state index contributed by atoms with van der Waals surface area (Å²) in [6.07, 6.45) is -1.86. The van der Waals surface area contributed by atoms with E-state index in [0.717, 1.165) is 34.2 Å². The average Bonchev–Trinajstić information content (AvgIpc) is 3.39. The van der Waals surface area contributed by atoms with Crippen LogP contribution in [0.5, 0.6) is 0 Å². The van der Waals surface area contributed by atoms with Gasteiger partial charge in [0.25, 0.3) is 0 Å². The quantitative estimate of drug-likeness (QED) is 0.287. The first-order chi connectivity index (χ1) is 17.1. The van der Waals surface area contributed by atoms with Crippen LogP contribution in [0.15, 0.2) is 65.7 Å². The summed E-state index contributed by atoms with van der Waals surface area (Å²) in [7, 11) is 1.53. The van der Waals surface area contributed by atoms with Crippen LogP contribution in [0.1, 0.15) is 36.6 Å². The molecular formula is C26H22F3N5OS. The SMILES string of the molecule is CC(C)c1ccccc1-c1ncc2sc(=O)n(Cc3ccc(-c4nc(C(F)(F)F)cn4C)cc3)c2n1. The van der Waals surface area contributed by atoms with Gasteiger partial charge in [-0.3, -0.25) is 9.36 Å². The Morgan fingerprint density at radius 1 is 1.03 bits per heavy atom. The third-order valence-electron chi connectivity index (χ3n) is 5.95. The number of alkyl halides is 3. The molecule has 2 aromatic carbocycles. The molecule has 0 aliphatic rings. The summed E-state index contributed by atoms with van der Waals surface area (Å²) in [5.74, 6) is 1.06. The Morgan fingerprint density at radius 2 is 1.75 bits per heavy atom. The van der Waals surface area contributed by atoms with E-state index in [1.807, 2.05) is 18.2 Å². The number of halogens is 3. The third kappa shape index (κ3) is 4.44. The molecular weight excluding hydrogens is 487 g/mol. The van der Waals surface area contributed by atoms with Gasteiger partial charge >= 0.3 is 11.0 Å². The van der Waals surface area contributed by atoms with Crippen molar-refractivity contribution in [2.45, 2.75) is 32.5 Å². The van der Waals surface area contributed by atoms with Crippen LogP contribution in [0, 0.1) is 0 Å². The van der Waals surface area contributed by atoms with Crippen LogP contribution < -0.4 is 4.87 Å². The molecule has 0 saturated heterocycles. The van der Waals surface area contributed by atoms with Gasteiger partial charge in [-0.25, -0.2) is 15.0 Å². The molecule has 5 rings (SSSR count). The molecule has 0 unspecified atom stereocenters. The normalized spacial score (nSPS) is 12.1. The number of fused-ring (bicyclic) bond motifs is 1. The Bertz CT molecular complexity index is 1610. The minimum Gasteiger partial charge on any atom is -0.333 e. The summed E-state index contributed by atoms with van der Waals surface area (Å²) in [4.78, 5) is 25.6. The van der Waals surface area contributed by atoms with Crippen molar-refractivity contribution in [1.29, 1.82) is 0 Å². The second-order valence-electron chi connectivity index (χ2n) is 8.83. The molecule has 3 heterocycles. The first-order valence-electron chi connectivity index (χ1n) is 11.3. The lowest BCUT2D eigenvalue weighted by Crippen LogP contribution is -2.14. The number of hydrogen-bond donors (Lipinski definition) is 0. The maximum absolute atomic E-state index is 13.0. The molecule has 0 amide bonds. The molecule has 3 aromatic heterocycles. The van der Waals surface area contributed by atoms with Crippen LogP contribution in [0.3, 0.4) is 0 Å². The van der Waals surface area contributed by atoms with E-state index in [2.05, 4.69) is 29.9 Å². The van der Waals surface area contributed by atoms with Gasteiger partial charge in [-0.15, -0.1) is 0 Å². The second-order valence-corrected chi connectivity index (χ2v) is 9.83. The molecule has 36 heavy (non-hydrogen) atoms. The van der Waals surface area contributed by atoms with Crippen molar-refractivity contribution in [3.63, 3.8) is 0 Å². The maximum atomic E-state index is 13.0. The number of aryl methyl sites for hydroxylation is 1. The minimum atomic E-state index is -4.51. The van der Waals surface area contributed by atoms with E-state index >= 15 is 0 Å². The molecule has 0 saturated carbocycles. The molecule has 0 fully saturated rings. The van der Waals surface area contributed by atoms with E-state index < -0.39 is 11.9 Å². The maximum Gasteiger partial charge on any atom is 0.434 e. The zero-order valence-corrected chi connectivity index (χ0v) is 20.6. The highest BCUT2D eigenvalue weighted by molar-refractivity contribution is 7.16. The van der Waals surface area contributed by atoms with Gasteiger partial charge in [0.1, 0.15) is 5.82 Å². The molecule has 0 N–H and O–H groups in total. The first-order valence-corrected chi connectivity index (χ1v) is 12.1. The molecule has 0 bridgehead atoms. The zero-order chi connectivity index (χ0) is 25.6. The molecule has 0 aliphatic carbocycles. The van der Waals surface area contributed by atoms with E-state index in [-0.39, 0.29) is 23.2 Å². The van der Waals surface area contributed by atoms with Gasteiger partial charge in [-0.05, 0) is 17.0 Å². The summed E-state index contributed by atoms with van der Waals surface area (Å²) in [6.45, 7) is 4.49. The number of rotatable bonds is 5. The molecule has 0 spiro atoms. The fraction of sp³-hybridized carbons (Fsp3) is 0.231. The Balaban J connectivity index is 1.48. The predicted octanol–water partition coefficient (Wildman–Crippen LogP) is 6.11. The Morgan fingerprint density at radius 3 is 2.42 bits per heavy atom. The van der Waals surface area contributed by atoms with E-state index in [1.54, 1.807) is 35.0 Å². The summed E-state index contributed by atoms with van der Waals surface area (Å²) in [6, 6.07) is 14.9.